The molecule has 19 heavy (non-hydrogen) atoms. The first-order valence-corrected chi connectivity index (χ1v) is 7.10. The summed E-state index contributed by atoms with van der Waals surface area (Å²) >= 11 is 0. The lowest BCUT2D eigenvalue weighted by Gasteiger charge is -1.95. The van der Waals surface area contributed by atoms with Crippen molar-refractivity contribution in [2.75, 3.05) is 0 Å². The lowest BCUT2D eigenvalue weighted by Crippen LogP contribution is -1.96. The SMILES string of the molecule is CC(=O)CCC(C)=O.Cc1ccc(S(=O)(=O)O)cc1. The molecule has 1 aromatic carbocycles. The largest absolute Gasteiger partial charge is 0.300 e. The molecule has 0 aromatic heterocycles. The summed E-state index contributed by atoms with van der Waals surface area (Å²) in [5.74, 6) is 0.167. The van der Waals surface area contributed by atoms with Crippen LogP contribution in [0.15, 0.2) is 29.2 Å². The van der Waals surface area contributed by atoms with Crippen LogP contribution in [0.25, 0.3) is 0 Å². The van der Waals surface area contributed by atoms with E-state index in [1.807, 2.05) is 6.92 Å². The maximum Gasteiger partial charge on any atom is 0.294 e. The van der Waals surface area contributed by atoms with Gasteiger partial charge in [-0.1, -0.05) is 17.7 Å². The van der Waals surface area contributed by atoms with E-state index in [4.69, 9.17) is 4.55 Å². The fourth-order valence-electron chi connectivity index (χ4n) is 1.06. The van der Waals surface area contributed by atoms with Gasteiger partial charge in [0.15, 0.2) is 0 Å². The zero-order valence-corrected chi connectivity index (χ0v) is 12.0. The van der Waals surface area contributed by atoms with Crippen molar-refractivity contribution in [3.05, 3.63) is 29.8 Å². The third kappa shape index (κ3) is 9.10. The predicted molar refractivity (Wildman–Crippen MR) is 71.6 cm³/mol. The second-order valence-corrected chi connectivity index (χ2v) is 5.61. The van der Waals surface area contributed by atoms with Crippen LogP contribution in [0.1, 0.15) is 32.3 Å². The van der Waals surface area contributed by atoms with E-state index in [9.17, 15) is 18.0 Å². The van der Waals surface area contributed by atoms with E-state index in [1.165, 1.54) is 26.0 Å². The number of carbonyl (C=O) groups excluding carboxylic acids is 2. The summed E-state index contributed by atoms with van der Waals surface area (Å²) in [6, 6.07) is 5.99. The van der Waals surface area contributed by atoms with Crippen molar-refractivity contribution in [1.82, 2.24) is 0 Å². The Bertz CT molecular complexity index is 515. The van der Waals surface area contributed by atoms with Crippen LogP contribution < -0.4 is 0 Å². The van der Waals surface area contributed by atoms with Gasteiger partial charge in [-0.05, 0) is 32.9 Å². The van der Waals surface area contributed by atoms with E-state index in [0.717, 1.165) is 5.56 Å². The third-order valence-electron chi connectivity index (χ3n) is 2.15. The van der Waals surface area contributed by atoms with E-state index in [-0.39, 0.29) is 16.5 Å². The minimum absolute atomic E-state index is 0.0666. The number of ketones is 2. The summed E-state index contributed by atoms with van der Waals surface area (Å²) in [7, 11) is -4.02. The van der Waals surface area contributed by atoms with E-state index in [0.29, 0.717) is 12.8 Å². The van der Waals surface area contributed by atoms with E-state index >= 15 is 0 Å². The highest BCUT2D eigenvalue weighted by atomic mass is 32.2. The summed E-state index contributed by atoms with van der Waals surface area (Å²) < 4.78 is 29.6. The molecule has 0 spiro atoms. The Labute approximate surface area is 113 Å². The molecule has 0 fully saturated rings. The monoisotopic (exact) mass is 286 g/mol. The minimum Gasteiger partial charge on any atom is -0.300 e. The topological polar surface area (TPSA) is 88.5 Å². The van der Waals surface area contributed by atoms with Gasteiger partial charge in [0, 0.05) is 12.8 Å². The van der Waals surface area contributed by atoms with Crippen LogP contribution in [-0.2, 0) is 19.7 Å². The van der Waals surface area contributed by atoms with Gasteiger partial charge < -0.3 is 9.59 Å². The minimum atomic E-state index is -4.02. The van der Waals surface area contributed by atoms with Gasteiger partial charge in [-0.3, -0.25) is 4.55 Å². The average Bonchev–Trinajstić information content (AvgIpc) is 2.26. The lowest BCUT2D eigenvalue weighted by atomic mass is 10.2. The molecule has 1 aromatic rings. The summed E-state index contributed by atoms with van der Waals surface area (Å²) in [6.45, 7) is 4.82. The molecule has 106 valence electrons. The van der Waals surface area contributed by atoms with Crippen molar-refractivity contribution in [3.63, 3.8) is 0 Å². The van der Waals surface area contributed by atoms with Gasteiger partial charge in [-0.25, -0.2) is 0 Å². The highest BCUT2D eigenvalue weighted by molar-refractivity contribution is 7.85. The molecular weight excluding hydrogens is 268 g/mol. The fourth-order valence-corrected chi connectivity index (χ4v) is 1.54. The molecule has 0 bridgehead atoms. The van der Waals surface area contributed by atoms with Gasteiger partial charge in [0.25, 0.3) is 10.1 Å². The van der Waals surface area contributed by atoms with Gasteiger partial charge in [-0.2, -0.15) is 8.42 Å². The summed E-state index contributed by atoms with van der Waals surface area (Å²) in [5, 5.41) is 0. The van der Waals surface area contributed by atoms with Crippen molar-refractivity contribution in [3.8, 4) is 0 Å². The average molecular weight is 286 g/mol. The molecule has 0 amide bonds. The molecule has 1 N–H and O–H groups in total. The smallest absolute Gasteiger partial charge is 0.294 e. The first-order chi connectivity index (χ1) is 8.62. The molecule has 0 aliphatic rings. The van der Waals surface area contributed by atoms with Crippen LogP contribution in [-0.4, -0.2) is 24.5 Å². The van der Waals surface area contributed by atoms with Crippen LogP contribution in [0, 0.1) is 6.92 Å². The Morgan fingerprint density at radius 1 is 1.00 bits per heavy atom. The molecule has 0 aliphatic carbocycles. The number of benzene rings is 1. The van der Waals surface area contributed by atoms with E-state index < -0.39 is 10.1 Å². The number of hydrogen-bond donors (Lipinski definition) is 1. The van der Waals surface area contributed by atoms with Crippen molar-refractivity contribution in [1.29, 1.82) is 0 Å². The molecule has 0 radical (unpaired) electrons. The van der Waals surface area contributed by atoms with Gasteiger partial charge in [-0.15, -0.1) is 0 Å². The first-order valence-electron chi connectivity index (χ1n) is 5.66. The first kappa shape index (κ1) is 17.5. The second kappa shape index (κ2) is 7.81. The third-order valence-corrected chi connectivity index (χ3v) is 3.02. The Kier molecular flexibility index (Phi) is 7.18. The van der Waals surface area contributed by atoms with Gasteiger partial charge >= 0.3 is 0 Å². The van der Waals surface area contributed by atoms with Gasteiger partial charge in [0.05, 0.1) is 4.90 Å². The highest BCUT2D eigenvalue weighted by Crippen LogP contribution is 2.08. The van der Waals surface area contributed by atoms with E-state index in [2.05, 4.69) is 0 Å². The van der Waals surface area contributed by atoms with Crippen molar-refractivity contribution >= 4 is 21.7 Å². The van der Waals surface area contributed by atoms with Crippen LogP contribution >= 0.6 is 0 Å². The van der Waals surface area contributed by atoms with Crippen molar-refractivity contribution in [2.45, 2.75) is 38.5 Å². The molecule has 5 nitrogen and oxygen atoms in total. The molecule has 0 heterocycles. The summed E-state index contributed by atoms with van der Waals surface area (Å²) in [5.41, 5.74) is 0.956. The number of carbonyl (C=O) groups is 2. The Hall–Kier alpha value is -1.53. The maximum atomic E-state index is 10.5. The van der Waals surface area contributed by atoms with Crippen LogP contribution in [0.5, 0.6) is 0 Å². The normalized spacial score (nSPS) is 10.3. The quantitative estimate of drug-likeness (QED) is 0.857. The predicted octanol–water partition coefficient (Wildman–Crippen LogP) is 2.19. The summed E-state index contributed by atoms with van der Waals surface area (Å²) in [4.78, 5) is 20.3. The van der Waals surface area contributed by atoms with Gasteiger partial charge in [0.2, 0.25) is 0 Å². The second-order valence-electron chi connectivity index (χ2n) is 4.19. The van der Waals surface area contributed by atoms with E-state index in [1.54, 1.807) is 12.1 Å². The highest BCUT2D eigenvalue weighted by Gasteiger charge is 2.06. The molecule has 0 aliphatic heterocycles. The fraction of sp³-hybridized carbons (Fsp3) is 0.385. The molecule has 0 unspecified atom stereocenters. The zero-order chi connectivity index (χ0) is 15.1. The standard InChI is InChI=1S/C7H8O3S.C6H10O2/c1-6-2-4-7(5-3-6)11(8,9)10;1-5(7)3-4-6(2)8/h2-5H,1H3,(H,8,9,10);3-4H2,1-2H3. The summed E-state index contributed by atoms with van der Waals surface area (Å²) in [6.07, 6.45) is 0.796. The number of hydrogen-bond acceptors (Lipinski definition) is 4. The van der Waals surface area contributed by atoms with Gasteiger partial charge in [0.1, 0.15) is 11.6 Å². The molecular formula is C13H18O5S. The maximum absolute atomic E-state index is 10.5. The number of aryl methyl sites for hydroxylation is 1. The Morgan fingerprint density at radius 2 is 1.37 bits per heavy atom. The lowest BCUT2D eigenvalue weighted by molar-refractivity contribution is -0.122. The van der Waals surface area contributed by atoms with Crippen molar-refractivity contribution < 1.29 is 22.6 Å². The van der Waals surface area contributed by atoms with Crippen molar-refractivity contribution in [2.24, 2.45) is 0 Å². The number of rotatable bonds is 4. The molecule has 0 saturated heterocycles. The molecule has 0 saturated carbocycles. The Morgan fingerprint density at radius 3 is 1.63 bits per heavy atom. The molecule has 1 rings (SSSR count). The molecule has 6 heteroatoms. The Balaban J connectivity index is 0.000000362. The van der Waals surface area contributed by atoms with Crippen LogP contribution in [0.3, 0.4) is 0 Å². The number of Topliss-reactive ketones (excluding diaryl/α,β-unsaturated/α-hetero) is 2. The van der Waals surface area contributed by atoms with Crippen LogP contribution in [0.4, 0.5) is 0 Å². The van der Waals surface area contributed by atoms with Crippen LogP contribution in [0.2, 0.25) is 0 Å². The molecule has 0 atom stereocenters. The zero-order valence-electron chi connectivity index (χ0n) is 11.2.